The molecule has 0 aliphatic heterocycles. The average Bonchev–Trinajstić information content (AvgIpc) is 2.88. The van der Waals surface area contributed by atoms with Crippen LogP contribution < -0.4 is 5.32 Å². The molecule has 0 unspecified atom stereocenters. The highest BCUT2D eigenvalue weighted by Gasteiger charge is 2.12. The van der Waals surface area contributed by atoms with Crippen LogP contribution in [0.5, 0.6) is 0 Å². The van der Waals surface area contributed by atoms with Crippen molar-refractivity contribution in [2.24, 2.45) is 0 Å². The molecule has 0 atom stereocenters. The van der Waals surface area contributed by atoms with Gasteiger partial charge in [0.1, 0.15) is 0 Å². The smallest absolute Gasteiger partial charge is 0.337 e. The van der Waals surface area contributed by atoms with Gasteiger partial charge in [-0.15, -0.1) is 0 Å². The molecular formula is C26H21N3O3S. The van der Waals surface area contributed by atoms with Gasteiger partial charge in [0.2, 0.25) is 5.91 Å². The zero-order valence-corrected chi connectivity index (χ0v) is 18.7. The number of methoxy groups -OCH3 is 1. The van der Waals surface area contributed by atoms with E-state index in [9.17, 15) is 9.59 Å². The number of anilines is 1. The fourth-order valence-electron chi connectivity index (χ4n) is 3.14. The Hall–Kier alpha value is -3.97. The number of amides is 1. The van der Waals surface area contributed by atoms with E-state index < -0.39 is 5.97 Å². The Labute approximate surface area is 196 Å². The molecule has 7 heteroatoms. The Balaban J connectivity index is 1.50. The molecule has 0 aliphatic carbocycles. The highest BCUT2D eigenvalue weighted by molar-refractivity contribution is 7.99. The number of hydrogen-bond acceptors (Lipinski definition) is 6. The van der Waals surface area contributed by atoms with Crippen molar-refractivity contribution in [3.63, 3.8) is 0 Å². The number of aromatic nitrogens is 2. The minimum Gasteiger partial charge on any atom is -0.465 e. The quantitative estimate of drug-likeness (QED) is 0.231. The summed E-state index contributed by atoms with van der Waals surface area (Å²) in [5.41, 5.74) is 4.57. The monoisotopic (exact) mass is 455 g/mol. The first-order chi connectivity index (χ1) is 16.1. The topological polar surface area (TPSA) is 81.2 Å². The number of nitrogens with one attached hydrogen (secondary N) is 1. The Morgan fingerprint density at radius 2 is 1.36 bits per heavy atom. The lowest BCUT2D eigenvalue weighted by molar-refractivity contribution is -0.113. The number of thioether (sulfide) groups is 1. The number of ether oxygens (including phenoxy) is 1. The maximum Gasteiger partial charge on any atom is 0.337 e. The summed E-state index contributed by atoms with van der Waals surface area (Å²) in [5.74, 6) is -0.473. The van der Waals surface area contributed by atoms with Crippen LogP contribution in [0.2, 0.25) is 0 Å². The van der Waals surface area contributed by atoms with Crippen molar-refractivity contribution in [2.45, 2.75) is 5.16 Å². The molecule has 164 valence electrons. The van der Waals surface area contributed by atoms with Crippen LogP contribution in [0.3, 0.4) is 0 Å². The molecular weight excluding hydrogens is 434 g/mol. The summed E-state index contributed by atoms with van der Waals surface area (Å²) in [4.78, 5) is 33.4. The van der Waals surface area contributed by atoms with E-state index in [0.29, 0.717) is 16.4 Å². The third-order valence-corrected chi connectivity index (χ3v) is 5.61. The molecule has 4 aromatic rings. The zero-order chi connectivity index (χ0) is 23.0. The second-order valence-electron chi connectivity index (χ2n) is 7.06. The molecule has 4 rings (SSSR count). The summed E-state index contributed by atoms with van der Waals surface area (Å²) in [7, 11) is 1.33. The fourth-order valence-corrected chi connectivity index (χ4v) is 3.80. The van der Waals surface area contributed by atoms with E-state index in [4.69, 9.17) is 0 Å². The Bertz CT molecular complexity index is 1190. The maximum absolute atomic E-state index is 12.5. The van der Waals surface area contributed by atoms with Gasteiger partial charge in [-0.1, -0.05) is 72.4 Å². The standard InChI is InChI=1S/C26H21N3O3S/c1-32-25(31)20-12-14-21(15-13-20)27-24(30)17-33-26-28-22(18-8-4-2-5-9-18)16-23(29-26)19-10-6-3-7-11-19/h2-16H,17H2,1H3,(H,27,30). The van der Waals surface area contributed by atoms with Crippen molar-refractivity contribution in [3.05, 3.63) is 96.6 Å². The molecule has 0 aliphatic rings. The zero-order valence-electron chi connectivity index (χ0n) is 17.9. The summed E-state index contributed by atoms with van der Waals surface area (Å²) in [6.45, 7) is 0. The van der Waals surface area contributed by atoms with Crippen LogP contribution in [0.15, 0.2) is 96.2 Å². The molecule has 33 heavy (non-hydrogen) atoms. The molecule has 1 aromatic heterocycles. The summed E-state index contributed by atoms with van der Waals surface area (Å²) in [6.07, 6.45) is 0. The van der Waals surface area contributed by atoms with Gasteiger partial charge in [-0.25, -0.2) is 14.8 Å². The Morgan fingerprint density at radius 1 is 0.818 bits per heavy atom. The van der Waals surface area contributed by atoms with Crippen molar-refractivity contribution < 1.29 is 14.3 Å². The highest BCUT2D eigenvalue weighted by Crippen LogP contribution is 2.27. The predicted molar refractivity (Wildman–Crippen MR) is 130 cm³/mol. The van der Waals surface area contributed by atoms with E-state index in [1.54, 1.807) is 24.3 Å². The molecule has 1 heterocycles. The van der Waals surface area contributed by atoms with Crippen LogP contribution in [-0.2, 0) is 9.53 Å². The minimum absolute atomic E-state index is 0.144. The van der Waals surface area contributed by atoms with Gasteiger partial charge < -0.3 is 10.1 Å². The van der Waals surface area contributed by atoms with Gasteiger partial charge in [0.05, 0.1) is 29.8 Å². The lowest BCUT2D eigenvalue weighted by Gasteiger charge is -2.09. The molecule has 0 spiro atoms. The van der Waals surface area contributed by atoms with Gasteiger partial charge in [-0.2, -0.15) is 0 Å². The first-order valence-electron chi connectivity index (χ1n) is 10.2. The van der Waals surface area contributed by atoms with Crippen molar-refractivity contribution >= 4 is 29.3 Å². The van der Waals surface area contributed by atoms with Crippen LogP contribution in [0.4, 0.5) is 5.69 Å². The largest absolute Gasteiger partial charge is 0.465 e. The predicted octanol–water partition coefficient (Wildman–Crippen LogP) is 5.33. The van der Waals surface area contributed by atoms with Crippen molar-refractivity contribution in [1.29, 1.82) is 0 Å². The molecule has 6 nitrogen and oxygen atoms in total. The molecule has 1 N–H and O–H groups in total. The molecule has 0 saturated heterocycles. The van der Waals surface area contributed by atoms with E-state index in [1.807, 2.05) is 66.7 Å². The van der Waals surface area contributed by atoms with Crippen LogP contribution in [0.25, 0.3) is 22.5 Å². The first-order valence-corrected chi connectivity index (χ1v) is 11.2. The normalized spacial score (nSPS) is 10.5. The summed E-state index contributed by atoms with van der Waals surface area (Å²) in [5, 5.41) is 3.34. The van der Waals surface area contributed by atoms with Crippen LogP contribution in [0.1, 0.15) is 10.4 Å². The van der Waals surface area contributed by atoms with E-state index in [-0.39, 0.29) is 11.7 Å². The number of benzene rings is 3. The van der Waals surface area contributed by atoms with Gasteiger partial charge in [-0.05, 0) is 30.3 Å². The fraction of sp³-hybridized carbons (Fsp3) is 0.0769. The highest BCUT2D eigenvalue weighted by atomic mass is 32.2. The third-order valence-electron chi connectivity index (χ3n) is 4.77. The van der Waals surface area contributed by atoms with Crippen molar-refractivity contribution in [2.75, 3.05) is 18.2 Å². The number of carbonyl (C=O) groups excluding carboxylic acids is 2. The molecule has 0 radical (unpaired) electrons. The number of esters is 1. The van der Waals surface area contributed by atoms with Gasteiger partial charge >= 0.3 is 5.97 Å². The lowest BCUT2D eigenvalue weighted by Crippen LogP contribution is -2.14. The van der Waals surface area contributed by atoms with Crippen molar-refractivity contribution in [3.8, 4) is 22.5 Å². The van der Waals surface area contributed by atoms with Gasteiger partial charge in [-0.3, -0.25) is 4.79 Å². The third kappa shape index (κ3) is 5.84. The SMILES string of the molecule is COC(=O)c1ccc(NC(=O)CSc2nc(-c3ccccc3)cc(-c3ccccc3)n2)cc1. The van der Waals surface area contributed by atoms with Crippen LogP contribution in [-0.4, -0.2) is 34.7 Å². The molecule has 0 bridgehead atoms. The minimum atomic E-state index is -0.423. The Kier molecular flexibility index (Phi) is 7.12. The molecule has 1 amide bonds. The molecule has 0 saturated carbocycles. The Morgan fingerprint density at radius 3 is 1.88 bits per heavy atom. The molecule has 3 aromatic carbocycles. The van der Waals surface area contributed by atoms with E-state index >= 15 is 0 Å². The second-order valence-corrected chi connectivity index (χ2v) is 8.00. The van der Waals surface area contributed by atoms with Gasteiger partial charge in [0.25, 0.3) is 0 Å². The average molecular weight is 456 g/mol. The van der Waals surface area contributed by atoms with E-state index in [1.165, 1.54) is 18.9 Å². The molecule has 0 fully saturated rings. The number of rotatable bonds is 7. The summed E-state index contributed by atoms with van der Waals surface area (Å²) in [6, 6.07) is 28.2. The number of hydrogen-bond donors (Lipinski definition) is 1. The second kappa shape index (κ2) is 10.6. The van der Waals surface area contributed by atoms with E-state index in [2.05, 4.69) is 20.0 Å². The van der Waals surface area contributed by atoms with Crippen LogP contribution >= 0.6 is 11.8 Å². The summed E-state index contributed by atoms with van der Waals surface area (Å²) >= 11 is 1.27. The number of carbonyl (C=O) groups is 2. The van der Waals surface area contributed by atoms with Gasteiger partial charge in [0.15, 0.2) is 5.16 Å². The number of nitrogens with zero attached hydrogens (tertiary/aromatic N) is 2. The first kappa shape index (κ1) is 22.2. The van der Waals surface area contributed by atoms with Crippen molar-refractivity contribution in [1.82, 2.24) is 9.97 Å². The summed E-state index contributed by atoms with van der Waals surface area (Å²) < 4.78 is 4.68. The van der Waals surface area contributed by atoms with Crippen LogP contribution in [0, 0.1) is 0 Å². The van der Waals surface area contributed by atoms with E-state index in [0.717, 1.165) is 22.5 Å². The van der Waals surface area contributed by atoms with Gasteiger partial charge in [0, 0.05) is 16.8 Å². The maximum atomic E-state index is 12.5. The lowest BCUT2D eigenvalue weighted by atomic mass is 10.1.